The Morgan fingerprint density at radius 3 is 2.74 bits per heavy atom. The summed E-state index contributed by atoms with van der Waals surface area (Å²) in [5, 5.41) is 0.500. The van der Waals surface area contributed by atoms with Crippen LogP contribution in [-0.2, 0) is 0 Å². The van der Waals surface area contributed by atoms with Crippen molar-refractivity contribution in [3.8, 4) is 0 Å². The second-order valence-corrected chi connectivity index (χ2v) is 4.87. The second kappa shape index (κ2) is 5.63. The molecule has 4 nitrogen and oxygen atoms in total. The molecule has 0 fully saturated rings. The van der Waals surface area contributed by atoms with Crippen molar-refractivity contribution in [3.05, 3.63) is 52.2 Å². The smallest absolute Gasteiger partial charge is 0.274 e. The molecule has 0 radical (unpaired) electrons. The van der Waals surface area contributed by atoms with Gasteiger partial charge in [-0.2, -0.15) is 0 Å². The first-order chi connectivity index (χ1) is 9.00. The molecule has 1 amide bonds. The molecular formula is C13H12Cl2N2O2. The van der Waals surface area contributed by atoms with E-state index in [0.29, 0.717) is 5.76 Å². The van der Waals surface area contributed by atoms with Gasteiger partial charge in [-0.1, -0.05) is 23.2 Å². The van der Waals surface area contributed by atoms with Crippen molar-refractivity contribution in [1.82, 2.24) is 9.88 Å². The molecule has 2 rings (SSSR count). The number of halogens is 2. The van der Waals surface area contributed by atoms with Crippen LogP contribution in [0.5, 0.6) is 0 Å². The predicted octanol–water partition coefficient (Wildman–Crippen LogP) is 3.81. The fourth-order valence-electron chi connectivity index (χ4n) is 1.63. The highest BCUT2D eigenvalue weighted by Gasteiger charge is 2.23. The van der Waals surface area contributed by atoms with E-state index in [1.54, 1.807) is 31.5 Å². The zero-order valence-corrected chi connectivity index (χ0v) is 11.9. The number of pyridine rings is 1. The number of aromatic nitrogens is 1. The van der Waals surface area contributed by atoms with Crippen LogP contribution in [0.3, 0.4) is 0 Å². The van der Waals surface area contributed by atoms with E-state index in [-0.39, 0.29) is 27.8 Å². The van der Waals surface area contributed by atoms with E-state index in [1.807, 2.05) is 6.92 Å². The van der Waals surface area contributed by atoms with E-state index in [4.69, 9.17) is 27.6 Å². The Labute approximate surface area is 120 Å². The van der Waals surface area contributed by atoms with Crippen LogP contribution >= 0.6 is 23.2 Å². The lowest BCUT2D eigenvalue weighted by atomic mass is 10.2. The van der Waals surface area contributed by atoms with Crippen molar-refractivity contribution in [2.45, 2.75) is 13.0 Å². The predicted molar refractivity (Wildman–Crippen MR) is 73.5 cm³/mol. The molecule has 0 aliphatic rings. The highest BCUT2D eigenvalue weighted by molar-refractivity contribution is 6.34. The molecule has 2 aromatic heterocycles. The van der Waals surface area contributed by atoms with Gasteiger partial charge in [0.25, 0.3) is 5.91 Å². The molecule has 0 spiro atoms. The number of amides is 1. The molecule has 1 unspecified atom stereocenters. The molecule has 0 saturated heterocycles. The fourth-order valence-corrected chi connectivity index (χ4v) is 1.96. The average Bonchev–Trinajstić information content (AvgIpc) is 2.93. The maximum absolute atomic E-state index is 12.3. The van der Waals surface area contributed by atoms with Crippen LogP contribution in [-0.4, -0.2) is 22.8 Å². The summed E-state index contributed by atoms with van der Waals surface area (Å²) in [4.78, 5) is 17.8. The van der Waals surface area contributed by atoms with Crippen molar-refractivity contribution >= 4 is 29.1 Å². The van der Waals surface area contributed by atoms with Gasteiger partial charge in [0, 0.05) is 7.05 Å². The largest absolute Gasteiger partial charge is 0.467 e. The lowest BCUT2D eigenvalue weighted by molar-refractivity contribution is 0.0720. The van der Waals surface area contributed by atoms with Crippen molar-refractivity contribution < 1.29 is 9.21 Å². The Balaban J connectivity index is 2.26. The quantitative estimate of drug-likeness (QED) is 0.809. The Morgan fingerprint density at radius 2 is 2.11 bits per heavy atom. The number of furan rings is 1. The van der Waals surface area contributed by atoms with Gasteiger partial charge >= 0.3 is 0 Å². The highest BCUT2D eigenvalue weighted by Crippen LogP contribution is 2.24. The highest BCUT2D eigenvalue weighted by atomic mass is 35.5. The summed E-state index contributed by atoms with van der Waals surface area (Å²) in [5.74, 6) is 0.380. The maximum Gasteiger partial charge on any atom is 0.274 e. The molecule has 2 aromatic rings. The van der Waals surface area contributed by atoms with Crippen molar-refractivity contribution in [3.63, 3.8) is 0 Å². The first kappa shape index (κ1) is 13.9. The molecule has 1 atom stereocenters. The summed E-state index contributed by atoms with van der Waals surface area (Å²) in [6.07, 6.45) is 1.56. The normalized spacial score (nSPS) is 12.2. The second-order valence-electron chi connectivity index (χ2n) is 4.07. The number of carbonyl (C=O) groups is 1. The molecule has 2 heterocycles. The summed E-state index contributed by atoms with van der Waals surface area (Å²) >= 11 is 11.8. The lowest BCUT2D eigenvalue weighted by Crippen LogP contribution is -2.30. The van der Waals surface area contributed by atoms with Crippen LogP contribution in [0.2, 0.25) is 10.2 Å². The first-order valence-corrected chi connectivity index (χ1v) is 6.39. The van der Waals surface area contributed by atoms with E-state index in [0.717, 1.165) is 0 Å². The minimum absolute atomic E-state index is 0.134. The summed E-state index contributed by atoms with van der Waals surface area (Å²) in [7, 11) is 1.66. The Kier molecular flexibility index (Phi) is 4.12. The minimum atomic E-state index is -0.309. The van der Waals surface area contributed by atoms with Gasteiger partial charge in [0.2, 0.25) is 0 Å². The van der Waals surface area contributed by atoms with Crippen molar-refractivity contribution in [1.29, 1.82) is 0 Å². The molecule has 100 valence electrons. The third-order valence-electron chi connectivity index (χ3n) is 2.87. The SMILES string of the molecule is CC(c1ccco1)N(C)C(=O)c1nc(Cl)ccc1Cl. The van der Waals surface area contributed by atoms with E-state index in [9.17, 15) is 4.79 Å². The van der Waals surface area contributed by atoms with Gasteiger partial charge in [-0.25, -0.2) is 4.98 Å². The molecular weight excluding hydrogens is 287 g/mol. The summed E-state index contributed by atoms with van der Waals surface area (Å²) in [5.41, 5.74) is 0.134. The molecule has 0 saturated carbocycles. The molecule has 19 heavy (non-hydrogen) atoms. The van der Waals surface area contributed by atoms with E-state index >= 15 is 0 Å². The van der Waals surface area contributed by atoms with Crippen LogP contribution in [0.15, 0.2) is 34.9 Å². The maximum atomic E-state index is 12.3. The zero-order valence-electron chi connectivity index (χ0n) is 10.4. The van der Waals surface area contributed by atoms with E-state index in [2.05, 4.69) is 4.98 Å². The van der Waals surface area contributed by atoms with Gasteiger partial charge in [0.1, 0.15) is 16.6 Å². The van der Waals surface area contributed by atoms with Gasteiger partial charge in [0.05, 0.1) is 17.3 Å². The fraction of sp³-hybridized carbons (Fsp3) is 0.231. The van der Waals surface area contributed by atoms with Crippen molar-refractivity contribution in [2.24, 2.45) is 0 Å². The number of hydrogen-bond acceptors (Lipinski definition) is 3. The molecule has 0 N–H and O–H groups in total. The van der Waals surface area contributed by atoms with E-state index in [1.165, 1.54) is 11.0 Å². The lowest BCUT2D eigenvalue weighted by Gasteiger charge is -2.23. The van der Waals surface area contributed by atoms with Crippen molar-refractivity contribution in [2.75, 3.05) is 7.05 Å². The van der Waals surface area contributed by atoms with Gasteiger partial charge in [-0.15, -0.1) is 0 Å². The van der Waals surface area contributed by atoms with Crippen LogP contribution < -0.4 is 0 Å². The van der Waals surface area contributed by atoms with Gasteiger partial charge in [-0.3, -0.25) is 4.79 Å². The number of hydrogen-bond donors (Lipinski definition) is 0. The average molecular weight is 299 g/mol. The van der Waals surface area contributed by atoms with Crippen LogP contribution in [0.1, 0.15) is 29.2 Å². The van der Waals surface area contributed by atoms with Crippen LogP contribution in [0, 0.1) is 0 Å². The molecule has 0 aromatic carbocycles. The number of carbonyl (C=O) groups excluding carboxylic acids is 1. The molecule has 0 bridgehead atoms. The van der Waals surface area contributed by atoms with Crippen LogP contribution in [0.4, 0.5) is 0 Å². The standard InChI is InChI=1S/C13H12Cl2N2O2/c1-8(10-4-3-7-19-10)17(2)13(18)12-9(14)5-6-11(15)16-12/h3-8H,1-2H3. The minimum Gasteiger partial charge on any atom is -0.467 e. The zero-order chi connectivity index (χ0) is 14.0. The third-order valence-corrected chi connectivity index (χ3v) is 3.39. The van der Waals surface area contributed by atoms with Gasteiger partial charge in [0.15, 0.2) is 0 Å². The third kappa shape index (κ3) is 2.91. The summed E-state index contributed by atoms with van der Waals surface area (Å²) < 4.78 is 5.28. The number of nitrogens with zero attached hydrogens (tertiary/aromatic N) is 2. The monoisotopic (exact) mass is 298 g/mol. The Bertz CT molecular complexity index is 584. The molecule has 0 aliphatic carbocycles. The van der Waals surface area contributed by atoms with E-state index < -0.39 is 0 Å². The number of rotatable bonds is 3. The summed E-state index contributed by atoms with van der Waals surface area (Å²) in [6, 6.07) is 6.45. The van der Waals surface area contributed by atoms with Gasteiger partial charge in [-0.05, 0) is 31.2 Å². The summed E-state index contributed by atoms with van der Waals surface area (Å²) in [6.45, 7) is 1.86. The van der Waals surface area contributed by atoms with Crippen LogP contribution in [0.25, 0.3) is 0 Å². The van der Waals surface area contributed by atoms with Gasteiger partial charge < -0.3 is 9.32 Å². The topological polar surface area (TPSA) is 46.3 Å². The Hall–Kier alpha value is -1.52. The first-order valence-electron chi connectivity index (χ1n) is 5.63. The molecule has 0 aliphatic heterocycles. The molecule has 6 heteroatoms. The Morgan fingerprint density at radius 1 is 1.37 bits per heavy atom.